The van der Waals surface area contributed by atoms with Crippen molar-refractivity contribution in [2.45, 2.75) is 12.0 Å². The lowest BCUT2D eigenvalue weighted by Gasteiger charge is -2.20. The molecule has 0 bridgehead atoms. The van der Waals surface area contributed by atoms with Crippen molar-refractivity contribution >= 4 is 28.0 Å². The number of rotatable bonds is 4. The second-order valence-corrected chi connectivity index (χ2v) is 6.76. The van der Waals surface area contributed by atoms with Gasteiger partial charge in [-0.15, -0.1) is 11.3 Å². The molecule has 1 N–H and O–H groups in total. The number of amides is 1. The van der Waals surface area contributed by atoms with Crippen LogP contribution in [0.2, 0.25) is 0 Å². The van der Waals surface area contributed by atoms with E-state index in [0.717, 1.165) is 27.8 Å². The Hall–Kier alpha value is -2.33. The first-order chi connectivity index (χ1) is 11.2. The van der Waals surface area contributed by atoms with Crippen LogP contribution >= 0.6 is 11.3 Å². The van der Waals surface area contributed by atoms with Gasteiger partial charge in [-0.3, -0.25) is 4.79 Å². The van der Waals surface area contributed by atoms with Crippen LogP contribution in [-0.4, -0.2) is 13.0 Å². The Morgan fingerprint density at radius 3 is 2.78 bits per heavy atom. The SMILES string of the molecule is CNC(=O)[C@H]1CC1(Oc1cccc2ccccc12)c1cccs1. The third-order valence-corrected chi connectivity index (χ3v) is 5.48. The van der Waals surface area contributed by atoms with E-state index >= 15 is 0 Å². The van der Waals surface area contributed by atoms with E-state index in [4.69, 9.17) is 4.74 Å². The lowest BCUT2D eigenvalue weighted by molar-refractivity contribution is -0.123. The fourth-order valence-electron chi connectivity index (χ4n) is 3.16. The van der Waals surface area contributed by atoms with Crippen molar-refractivity contribution < 1.29 is 9.53 Å². The Morgan fingerprint density at radius 1 is 1.17 bits per heavy atom. The minimum Gasteiger partial charge on any atom is -0.480 e. The molecule has 2 atom stereocenters. The monoisotopic (exact) mass is 323 g/mol. The smallest absolute Gasteiger partial charge is 0.227 e. The van der Waals surface area contributed by atoms with Gasteiger partial charge in [-0.25, -0.2) is 0 Å². The van der Waals surface area contributed by atoms with E-state index in [1.54, 1.807) is 18.4 Å². The molecule has 2 aromatic carbocycles. The van der Waals surface area contributed by atoms with E-state index in [1.807, 2.05) is 35.7 Å². The fraction of sp³-hybridized carbons (Fsp3) is 0.211. The van der Waals surface area contributed by atoms with Crippen LogP contribution in [0.15, 0.2) is 60.0 Å². The van der Waals surface area contributed by atoms with E-state index in [-0.39, 0.29) is 11.8 Å². The van der Waals surface area contributed by atoms with Crippen LogP contribution in [0.5, 0.6) is 5.75 Å². The Morgan fingerprint density at radius 2 is 2.00 bits per heavy atom. The molecule has 0 aliphatic heterocycles. The summed E-state index contributed by atoms with van der Waals surface area (Å²) in [6, 6.07) is 18.3. The number of hydrogen-bond donors (Lipinski definition) is 1. The first kappa shape index (κ1) is 14.3. The van der Waals surface area contributed by atoms with Crippen LogP contribution in [-0.2, 0) is 10.4 Å². The molecule has 1 fully saturated rings. The van der Waals surface area contributed by atoms with Gasteiger partial charge in [0.15, 0.2) is 5.60 Å². The van der Waals surface area contributed by atoms with Gasteiger partial charge in [0.25, 0.3) is 0 Å². The van der Waals surface area contributed by atoms with Crippen molar-refractivity contribution in [2.24, 2.45) is 5.92 Å². The second-order valence-electron chi connectivity index (χ2n) is 5.82. The van der Waals surface area contributed by atoms with Gasteiger partial charge < -0.3 is 10.1 Å². The van der Waals surface area contributed by atoms with Crippen LogP contribution in [0, 0.1) is 5.92 Å². The largest absolute Gasteiger partial charge is 0.480 e. The molecule has 1 aliphatic rings. The number of carbonyl (C=O) groups is 1. The molecule has 0 saturated heterocycles. The molecule has 1 aromatic heterocycles. The normalized spacial score (nSPS) is 22.7. The van der Waals surface area contributed by atoms with Gasteiger partial charge in [-0.05, 0) is 22.9 Å². The van der Waals surface area contributed by atoms with Crippen LogP contribution in [0.1, 0.15) is 11.3 Å². The number of carbonyl (C=O) groups excluding carboxylic acids is 1. The molecule has 0 radical (unpaired) electrons. The summed E-state index contributed by atoms with van der Waals surface area (Å²) in [4.78, 5) is 13.3. The number of hydrogen-bond acceptors (Lipinski definition) is 3. The highest BCUT2D eigenvalue weighted by atomic mass is 32.1. The lowest BCUT2D eigenvalue weighted by Crippen LogP contribution is -2.28. The number of benzene rings is 2. The molecule has 1 unspecified atom stereocenters. The summed E-state index contributed by atoms with van der Waals surface area (Å²) in [7, 11) is 1.68. The van der Waals surface area contributed by atoms with Crippen molar-refractivity contribution in [3.63, 3.8) is 0 Å². The lowest BCUT2D eigenvalue weighted by atomic mass is 10.1. The first-order valence-corrected chi connectivity index (χ1v) is 8.55. The summed E-state index contributed by atoms with van der Waals surface area (Å²) in [5, 5.41) is 7.00. The predicted molar refractivity (Wildman–Crippen MR) is 92.7 cm³/mol. The van der Waals surface area contributed by atoms with Crippen LogP contribution < -0.4 is 10.1 Å². The quantitative estimate of drug-likeness (QED) is 0.790. The molecule has 3 nitrogen and oxygen atoms in total. The van der Waals surface area contributed by atoms with Gasteiger partial charge in [-0.2, -0.15) is 0 Å². The summed E-state index contributed by atoms with van der Waals surface area (Å²) in [6.45, 7) is 0. The zero-order valence-corrected chi connectivity index (χ0v) is 13.6. The standard InChI is InChI=1S/C19H17NO2S/c1-20-18(21)15-12-19(15,17-10-5-11-23-17)22-16-9-4-7-13-6-2-3-8-14(13)16/h2-11,15H,12H2,1H3,(H,20,21)/t15-,19?/m1/s1. The molecule has 23 heavy (non-hydrogen) atoms. The van der Waals surface area contributed by atoms with Gasteiger partial charge in [-0.1, -0.05) is 42.5 Å². The number of nitrogens with one attached hydrogen (secondary N) is 1. The molecule has 3 aromatic rings. The van der Waals surface area contributed by atoms with Gasteiger partial charge in [0.1, 0.15) is 5.75 Å². The fourth-order valence-corrected chi connectivity index (χ4v) is 4.09. The van der Waals surface area contributed by atoms with Crippen molar-refractivity contribution in [1.29, 1.82) is 0 Å². The van der Waals surface area contributed by atoms with E-state index in [1.165, 1.54) is 0 Å². The third-order valence-electron chi connectivity index (χ3n) is 4.45. The zero-order chi connectivity index (χ0) is 15.9. The van der Waals surface area contributed by atoms with Crippen molar-refractivity contribution in [2.75, 3.05) is 7.05 Å². The van der Waals surface area contributed by atoms with E-state index in [0.29, 0.717) is 0 Å². The third kappa shape index (κ3) is 2.30. The highest BCUT2D eigenvalue weighted by molar-refractivity contribution is 7.10. The molecule has 4 rings (SSSR count). The average Bonchev–Trinajstić information content (AvgIpc) is 3.05. The summed E-state index contributed by atoms with van der Waals surface area (Å²) < 4.78 is 6.46. The highest BCUT2D eigenvalue weighted by Crippen LogP contribution is 2.57. The minimum atomic E-state index is -0.529. The highest BCUT2D eigenvalue weighted by Gasteiger charge is 2.63. The number of thiophene rings is 1. The maximum absolute atomic E-state index is 12.2. The van der Waals surface area contributed by atoms with Crippen molar-refractivity contribution in [3.8, 4) is 5.75 Å². The van der Waals surface area contributed by atoms with Gasteiger partial charge >= 0.3 is 0 Å². The van der Waals surface area contributed by atoms with Crippen molar-refractivity contribution in [3.05, 3.63) is 64.9 Å². The van der Waals surface area contributed by atoms with Gasteiger partial charge in [0.05, 0.1) is 5.92 Å². The van der Waals surface area contributed by atoms with E-state index in [9.17, 15) is 4.79 Å². The average molecular weight is 323 g/mol. The minimum absolute atomic E-state index is 0.0404. The molecule has 1 aliphatic carbocycles. The molecule has 116 valence electrons. The summed E-state index contributed by atoms with van der Waals surface area (Å²) in [5.41, 5.74) is -0.529. The van der Waals surface area contributed by atoms with Crippen LogP contribution in [0.3, 0.4) is 0 Å². The van der Waals surface area contributed by atoms with E-state index < -0.39 is 5.60 Å². The molecule has 4 heteroatoms. The molecular weight excluding hydrogens is 306 g/mol. The summed E-state index contributed by atoms with van der Waals surface area (Å²) in [6.07, 6.45) is 0.719. The molecule has 1 saturated carbocycles. The Bertz CT molecular complexity index is 853. The molecule has 1 amide bonds. The van der Waals surface area contributed by atoms with Crippen molar-refractivity contribution in [1.82, 2.24) is 5.32 Å². The maximum atomic E-state index is 12.2. The molecule has 0 spiro atoms. The summed E-state index contributed by atoms with van der Waals surface area (Å²) in [5.74, 6) is 0.742. The first-order valence-electron chi connectivity index (χ1n) is 7.67. The molecule has 1 heterocycles. The Balaban J connectivity index is 1.76. The number of ether oxygens (including phenoxy) is 1. The Kier molecular flexibility index (Phi) is 3.34. The predicted octanol–water partition coefficient (Wildman–Crippen LogP) is 3.94. The maximum Gasteiger partial charge on any atom is 0.227 e. The molecular formula is C19H17NO2S. The Labute approximate surface area is 138 Å². The van der Waals surface area contributed by atoms with Crippen LogP contribution in [0.4, 0.5) is 0 Å². The van der Waals surface area contributed by atoms with Crippen LogP contribution in [0.25, 0.3) is 10.8 Å². The van der Waals surface area contributed by atoms with Gasteiger partial charge in [0, 0.05) is 23.7 Å². The topological polar surface area (TPSA) is 38.3 Å². The zero-order valence-electron chi connectivity index (χ0n) is 12.8. The van der Waals surface area contributed by atoms with E-state index in [2.05, 4.69) is 29.6 Å². The number of fused-ring (bicyclic) bond motifs is 1. The summed E-state index contributed by atoms with van der Waals surface area (Å²) >= 11 is 1.64. The van der Waals surface area contributed by atoms with Gasteiger partial charge in [0.2, 0.25) is 5.91 Å². The second kappa shape index (κ2) is 5.39.